The highest BCUT2D eigenvalue weighted by molar-refractivity contribution is 5.14. The molecule has 1 fully saturated rings. The van der Waals surface area contributed by atoms with Gasteiger partial charge in [0.2, 0.25) is 0 Å². The van der Waals surface area contributed by atoms with Crippen molar-refractivity contribution >= 4 is 0 Å². The highest BCUT2D eigenvalue weighted by Gasteiger charge is 2.30. The SMILES string of the molecule is Cc1nn(C)cc1CNC[C@H]1CCO[C@@H]1C(C)C. The summed E-state index contributed by atoms with van der Waals surface area (Å²) in [6.07, 6.45) is 3.70. The zero-order valence-electron chi connectivity index (χ0n) is 11.9. The molecule has 1 N–H and O–H groups in total. The quantitative estimate of drug-likeness (QED) is 0.868. The number of nitrogens with one attached hydrogen (secondary N) is 1. The van der Waals surface area contributed by atoms with Gasteiger partial charge in [-0.3, -0.25) is 4.68 Å². The van der Waals surface area contributed by atoms with Crippen LogP contribution in [-0.4, -0.2) is 29.0 Å². The van der Waals surface area contributed by atoms with E-state index in [0.29, 0.717) is 17.9 Å². The first-order chi connectivity index (χ1) is 8.58. The number of hydrogen-bond donors (Lipinski definition) is 1. The summed E-state index contributed by atoms with van der Waals surface area (Å²) >= 11 is 0. The molecule has 0 unspecified atom stereocenters. The summed E-state index contributed by atoms with van der Waals surface area (Å²) in [4.78, 5) is 0. The summed E-state index contributed by atoms with van der Waals surface area (Å²) in [5.74, 6) is 1.27. The van der Waals surface area contributed by atoms with E-state index in [1.807, 2.05) is 11.7 Å². The van der Waals surface area contributed by atoms with Gasteiger partial charge in [0.05, 0.1) is 11.8 Å². The molecule has 0 radical (unpaired) electrons. The van der Waals surface area contributed by atoms with E-state index in [4.69, 9.17) is 4.74 Å². The van der Waals surface area contributed by atoms with Crippen LogP contribution < -0.4 is 5.32 Å². The lowest BCUT2D eigenvalue weighted by Gasteiger charge is -2.22. The second-order valence-corrected chi connectivity index (χ2v) is 5.67. The highest BCUT2D eigenvalue weighted by Crippen LogP contribution is 2.26. The minimum Gasteiger partial charge on any atom is -0.378 e. The number of nitrogens with zero attached hydrogens (tertiary/aromatic N) is 2. The molecule has 102 valence electrons. The summed E-state index contributed by atoms with van der Waals surface area (Å²) in [5, 5.41) is 7.91. The minimum atomic E-state index is 0.424. The Hall–Kier alpha value is -0.870. The van der Waals surface area contributed by atoms with E-state index in [0.717, 1.165) is 25.4 Å². The summed E-state index contributed by atoms with van der Waals surface area (Å²) in [5.41, 5.74) is 2.41. The monoisotopic (exact) mass is 251 g/mol. The van der Waals surface area contributed by atoms with Crippen LogP contribution in [0.4, 0.5) is 0 Å². The van der Waals surface area contributed by atoms with E-state index in [1.54, 1.807) is 0 Å². The molecule has 0 amide bonds. The summed E-state index contributed by atoms with van der Waals surface area (Å²) in [6.45, 7) is 9.41. The first-order valence-corrected chi connectivity index (χ1v) is 6.89. The Morgan fingerprint density at radius 3 is 2.94 bits per heavy atom. The van der Waals surface area contributed by atoms with Crippen molar-refractivity contribution in [1.29, 1.82) is 0 Å². The van der Waals surface area contributed by atoms with Gasteiger partial charge in [-0.2, -0.15) is 5.10 Å². The van der Waals surface area contributed by atoms with Gasteiger partial charge in [-0.25, -0.2) is 0 Å². The molecular weight excluding hydrogens is 226 g/mol. The van der Waals surface area contributed by atoms with Crippen LogP contribution >= 0.6 is 0 Å². The number of ether oxygens (including phenoxy) is 1. The lowest BCUT2D eigenvalue weighted by molar-refractivity contribution is 0.0539. The summed E-state index contributed by atoms with van der Waals surface area (Å²) in [7, 11) is 1.97. The number of aryl methyl sites for hydroxylation is 2. The van der Waals surface area contributed by atoms with E-state index in [2.05, 4.69) is 37.4 Å². The van der Waals surface area contributed by atoms with Crippen LogP contribution in [0.25, 0.3) is 0 Å². The molecule has 18 heavy (non-hydrogen) atoms. The van der Waals surface area contributed by atoms with Crippen molar-refractivity contribution in [3.05, 3.63) is 17.5 Å². The number of rotatable bonds is 5. The van der Waals surface area contributed by atoms with Crippen LogP contribution in [0.2, 0.25) is 0 Å². The van der Waals surface area contributed by atoms with Gasteiger partial charge in [0.1, 0.15) is 0 Å². The zero-order chi connectivity index (χ0) is 13.1. The van der Waals surface area contributed by atoms with E-state index < -0.39 is 0 Å². The first kappa shape index (κ1) is 13.6. The Bertz CT molecular complexity index is 386. The molecule has 1 aliphatic rings. The predicted molar refractivity (Wildman–Crippen MR) is 72.3 cm³/mol. The topological polar surface area (TPSA) is 39.1 Å². The predicted octanol–water partition coefficient (Wildman–Crippen LogP) is 1.88. The van der Waals surface area contributed by atoms with Crippen molar-refractivity contribution in [3.8, 4) is 0 Å². The molecule has 2 rings (SSSR count). The van der Waals surface area contributed by atoms with Crippen molar-refractivity contribution in [1.82, 2.24) is 15.1 Å². The minimum absolute atomic E-state index is 0.424. The molecule has 1 aromatic heterocycles. The van der Waals surface area contributed by atoms with Gasteiger partial charge < -0.3 is 10.1 Å². The fraction of sp³-hybridized carbons (Fsp3) is 0.786. The van der Waals surface area contributed by atoms with Crippen molar-refractivity contribution in [3.63, 3.8) is 0 Å². The Kier molecular flexibility index (Phi) is 4.40. The van der Waals surface area contributed by atoms with Gasteiger partial charge in [0.15, 0.2) is 0 Å². The van der Waals surface area contributed by atoms with E-state index in [1.165, 1.54) is 12.0 Å². The molecule has 0 aromatic carbocycles. The maximum atomic E-state index is 5.80. The fourth-order valence-corrected chi connectivity index (χ4v) is 2.83. The maximum Gasteiger partial charge on any atom is 0.0639 e. The summed E-state index contributed by atoms with van der Waals surface area (Å²) < 4.78 is 7.68. The Balaban J connectivity index is 1.80. The van der Waals surface area contributed by atoms with Gasteiger partial charge in [0.25, 0.3) is 0 Å². The van der Waals surface area contributed by atoms with Crippen LogP contribution in [-0.2, 0) is 18.3 Å². The van der Waals surface area contributed by atoms with Crippen LogP contribution in [0.3, 0.4) is 0 Å². The van der Waals surface area contributed by atoms with E-state index >= 15 is 0 Å². The molecule has 2 atom stereocenters. The molecule has 1 saturated heterocycles. The second kappa shape index (κ2) is 5.85. The van der Waals surface area contributed by atoms with Gasteiger partial charge in [-0.1, -0.05) is 13.8 Å². The normalized spacial score (nSPS) is 24.1. The number of aromatic nitrogens is 2. The smallest absolute Gasteiger partial charge is 0.0639 e. The Labute approximate surface area is 110 Å². The first-order valence-electron chi connectivity index (χ1n) is 6.89. The van der Waals surface area contributed by atoms with E-state index in [9.17, 15) is 0 Å². The molecule has 1 aliphatic heterocycles. The summed E-state index contributed by atoms with van der Waals surface area (Å²) in [6, 6.07) is 0. The second-order valence-electron chi connectivity index (χ2n) is 5.67. The molecule has 0 aliphatic carbocycles. The third-order valence-corrected chi connectivity index (χ3v) is 3.76. The molecule has 4 nitrogen and oxygen atoms in total. The van der Waals surface area contributed by atoms with Crippen LogP contribution in [0.1, 0.15) is 31.5 Å². The van der Waals surface area contributed by atoms with Crippen LogP contribution in [0.5, 0.6) is 0 Å². The molecule has 0 spiro atoms. The van der Waals surface area contributed by atoms with Crippen LogP contribution in [0, 0.1) is 18.8 Å². The largest absolute Gasteiger partial charge is 0.378 e. The lowest BCUT2D eigenvalue weighted by Crippen LogP contribution is -2.31. The molecule has 0 saturated carbocycles. The van der Waals surface area contributed by atoms with E-state index in [-0.39, 0.29) is 0 Å². The van der Waals surface area contributed by atoms with Crippen molar-refractivity contribution in [2.45, 2.75) is 39.8 Å². The maximum absolute atomic E-state index is 5.80. The van der Waals surface area contributed by atoms with Gasteiger partial charge in [-0.05, 0) is 25.2 Å². The standard InChI is InChI=1S/C14H25N3O/c1-10(2)14-12(5-6-18-14)7-15-8-13-9-17(4)16-11(13)3/h9-10,12,14-15H,5-8H2,1-4H3/t12-,14-/m1/s1. The molecule has 4 heteroatoms. The van der Waals surface area contributed by atoms with Crippen LogP contribution in [0.15, 0.2) is 6.20 Å². The molecular formula is C14H25N3O. The average Bonchev–Trinajstić information content (AvgIpc) is 2.86. The van der Waals surface area contributed by atoms with Crippen molar-refractivity contribution in [2.24, 2.45) is 18.9 Å². The highest BCUT2D eigenvalue weighted by atomic mass is 16.5. The Morgan fingerprint density at radius 1 is 1.56 bits per heavy atom. The molecule has 1 aromatic rings. The van der Waals surface area contributed by atoms with Crippen molar-refractivity contribution < 1.29 is 4.74 Å². The lowest BCUT2D eigenvalue weighted by atomic mass is 9.93. The molecule has 0 bridgehead atoms. The van der Waals surface area contributed by atoms with Crippen molar-refractivity contribution in [2.75, 3.05) is 13.2 Å². The number of hydrogen-bond acceptors (Lipinski definition) is 3. The third kappa shape index (κ3) is 3.12. The third-order valence-electron chi connectivity index (χ3n) is 3.76. The average molecular weight is 251 g/mol. The van der Waals surface area contributed by atoms with Gasteiger partial charge >= 0.3 is 0 Å². The van der Waals surface area contributed by atoms with Gasteiger partial charge in [0, 0.05) is 38.5 Å². The fourth-order valence-electron chi connectivity index (χ4n) is 2.83. The molecule has 2 heterocycles. The zero-order valence-corrected chi connectivity index (χ0v) is 11.9. The van der Waals surface area contributed by atoms with Gasteiger partial charge in [-0.15, -0.1) is 0 Å². The Morgan fingerprint density at radius 2 is 2.33 bits per heavy atom.